The van der Waals surface area contributed by atoms with E-state index < -0.39 is 0 Å². The molecule has 1 unspecified atom stereocenters. The zero-order valence-corrected chi connectivity index (χ0v) is 16.3. The van der Waals surface area contributed by atoms with E-state index in [0.717, 1.165) is 34.7 Å². The first-order chi connectivity index (χ1) is 13.7. The number of para-hydroxylation sites is 2. The molecule has 0 spiro atoms. The Morgan fingerprint density at radius 2 is 1.89 bits per heavy atom. The second-order valence-corrected chi connectivity index (χ2v) is 7.13. The van der Waals surface area contributed by atoms with E-state index in [1.165, 1.54) is 0 Å². The molecule has 146 valence electrons. The summed E-state index contributed by atoms with van der Waals surface area (Å²) in [6.07, 6.45) is 0.493. The van der Waals surface area contributed by atoms with Crippen LogP contribution in [0.2, 0.25) is 0 Å². The van der Waals surface area contributed by atoms with Crippen molar-refractivity contribution in [1.29, 1.82) is 0 Å². The van der Waals surface area contributed by atoms with Gasteiger partial charge in [0.15, 0.2) is 0 Å². The van der Waals surface area contributed by atoms with Crippen molar-refractivity contribution in [2.75, 3.05) is 27.4 Å². The van der Waals surface area contributed by atoms with Gasteiger partial charge in [0.1, 0.15) is 11.6 Å². The van der Waals surface area contributed by atoms with Crippen LogP contribution in [-0.4, -0.2) is 47.7 Å². The summed E-state index contributed by atoms with van der Waals surface area (Å²) in [5.41, 5.74) is 3.16. The number of amides is 1. The number of ether oxygens (including phenoxy) is 2. The van der Waals surface area contributed by atoms with Crippen molar-refractivity contribution in [3.8, 4) is 5.75 Å². The minimum atomic E-state index is 0.0926. The van der Waals surface area contributed by atoms with E-state index in [0.29, 0.717) is 26.1 Å². The zero-order valence-electron chi connectivity index (χ0n) is 16.3. The van der Waals surface area contributed by atoms with Gasteiger partial charge in [-0.3, -0.25) is 4.79 Å². The number of rotatable bonds is 7. The van der Waals surface area contributed by atoms with Crippen molar-refractivity contribution in [2.45, 2.75) is 25.4 Å². The highest BCUT2D eigenvalue weighted by Crippen LogP contribution is 2.31. The summed E-state index contributed by atoms with van der Waals surface area (Å²) >= 11 is 0. The second-order valence-electron chi connectivity index (χ2n) is 7.13. The molecule has 0 bridgehead atoms. The molecule has 1 atom stereocenters. The highest BCUT2D eigenvalue weighted by atomic mass is 16.5. The number of nitrogens with zero attached hydrogens (tertiary/aromatic N) is 3. The third-order valence-corrected chi connectivity index (χ3v) is 5.32. The number of fused-ring (bicyclic) bond motifs is 1. The highest BCUT2D eigenvalue weighted by Gasteiger charge is 2.33. The van der Waals surface area contributed by atoms with Crippen LogP contribution in [0.5, 0.6) is 5.75 Å². The number of hydrogen-bond acceptors (Lipinski definition) is 4. The molecule has 2 heterocycles. The SMILES string of the molecule is COCCn1c(C2CC(=O)N(Cc3ccc(OC)cc3)C2)nc2ccccc21. The average molecular weight is 379 g/mol. The topological polar surface area (TPSA) is 56.6 Å². The lowest BCUT2D eigenvalue weighted by molar-refractivity contribution is -0.128. The Morgan fingerprint density at radius 3 is 2.64 bits per heavy atom. The van der Waals surface area contributed by atoms with Crippen LogP contribution in [0.1, 0.15) is 23.7 Å². The predicted molar refractivity (Wildman–Crippen MR) is 107 cm³/mol. The maximum Gasteiger partial charge on any atom is 0.223 e. The predicted octanol–water partition coefficient (Wildman–Crippen LogP) is 3.21. The lowest BCUT2D eigenvalue weighted by atomic mass is 10.1. The maximum absolute atomic E-state index is 12.7. The van der Waals surface area contributed by atoms with Gasteiger partial charge in [0.25, 0.3) is 0 Å². The van der Waals surface area contributed by atoms with E-state index in [-0.39, 0.29) is 11.8 Å². The van der Waals surface area contributed by atoms with E-state index in [1.807, 2.05) is 47.4 Å². The number of imidazole rings is 1. The van der Waals surface area contributed by atoms with Crippen molar-refractivity contribution in [3.63, 3.8) is 0 Å². The molecule has 28 heavy (non-hydrogen) atoms. The molecule has 6 heteroatoms. The lowest BCUT2D eigenvalue weighted by Gasteiger charge is -2.17. The van der Waals surface area contributed by atoms with Crippen molar-refractivity contribution < 1.29 is 14.3 Å². The number of benzene rings is 2. The fraction of sp³-hybridized carbons (Fsp3) is 0.364. The monoisotopic (exact) mass is 379 g/mol. The Balaban J connectivity index is 1.56. The van der Waals surface area contributed by atoms with Crippen LogP contribution in [0, 0.1) is 0 Å². The fourth-order valence-electron chi connectivity index (χ4n) is 3.87. The minimum absolute atomic E-state index is 0.0926. The summed E-state index contributed by atoms with van der Waals surface area (Å²) in [5.74, 6) is 2.06. The first kappa shape index (κ1) is 18.5. The van der Waals surface area contributed by atoms with Crippen molar-refractivity contribution in [3.05, 3.63) is 59.9 Å². The lowest BCUT2D eigenvalue weighted by Crippen LogP contribution is -2.24. The Bertz CT molecular complexity index is 965. The summed E-state index contributed by atoms with van der Waals surface area (Å²) in [4.78, 5) is 19.4. The number of methoxy groups -OCH3 is 2. The number of carbonyl (C=O) groups excluding carboxylic acids is 1. The van der Waals surface area contributed by atoms with Gasteiger partial charge >= 0.3 is 0 Å². The Kier molecular flexibility index (Phi) is 5.30. The molecule has 3 aromatic rings. The number of aromatic nitrogens is 2. The van der Waals surface area contributed by atoms with Crippen LogP contribution in [0.25, 0.3) is 11.0 Å². The van der Waals surface area contributed by atoms with Gasteiger partial charge in [0, 0.05) is 39.1 Å². The number of carbonyl (C=O) groups is 1. The molecule has 1 fully saturated rings. The van der Waals surface area contributed by atoms with Crippen molar-refractivity contribution >= 4 is 16.9 Å². The van der Waals surface area contributed by atoms with Crippen LogP contribution in [0.4, 0.5) is 0 Å². The fourth-order valence-corrected chi connectivity index (χ4v) is 3.87. The van der Waals surface area contributed by atoms with Crippen molar-refractivity contribution in [1.82, 2.24) is 14.5 Å². The first-order valence-electron chi connectivity index (χ1n) is 9.54. The molecule has 0 N–H and O–H groups in total. The molecule has 0 radical (unpaired) electrons. The van der Waals surface area contributed by atoms with Gasteiger partial charge in [-0.25, -0.2) is 4.98 Å². The molecular weight excluding hydrogens is 354 g/mol. The standard InChI is InChI=1S/C22H25N3O3/c1-27-12-11-25-20-6-4-3-5-19(20)23-22(25)17-13-21(26)24(15-17)14-16-7-9-18(28-2)10-8-16/h3-10,17H,11-15H2,1-2H3. The molecule has 1 amide bonds. The van der Waals surface area contributed by atoms with Crippen LogP contribution < -0.4 is 4.74 Å². The zero-order chi connectivity index (χ0) is 19.5. The van der Waals surface area contributed by atoms with Gasteiger partial charge in [-0.15, -0.1) is 0 Å². The van der Waals surface area contributed by atoms with Crippen LogP contribution in [0.3, 0.4) is 0 Å². The maximum atomic E-state index is 12.7. The minimum Gasteiger partial charge on any atom is -0.497 e. The quantitative estimate of drug-likeness (QED) is 0.633. The summed E-state index contributed by atoms with van der Waals surface area (Å²) in [7, 11) is 3.35. The van der Waals surface area contributed by atoms with Gasteiger partial charge in [0.2, 0.25) is 5.91 Å². The van der Waals surface area contributed by atoms with E-state index in [9.17, 15) is 4.79 Å². The van der Waals surface area contributed by atoms with E-state index in [4.69, 9.17) is 14.5 Å². The number of likely N-dealkylation sites (tertiary alicyclic amines) is 1. The first-order valence-corrected chi connectivity index (χ1v) is 9.54. The van der Waals surface area contributed by atoms with Crippen LogP contribution >= 0.6 is 0 Å². The second kappa shape index (κ2) is 8.02. The Labute approximate surface area is 164 Å². The van der Waals surface area contributed by atoms with Crippen LogP contribution in [-0.2, 0) is 22.6 Å². The summed E-state index contributed by atoms with van der Waals surface area (Å²) in [6.45, 7) is 2.64. The number of hydrogen-bond donors (Lipinski definition) is 0. The van der Waals surface area contributed by atoms with Crippen molar-refractivity contribution in [2.24, 2.45) is 0 Å². The van der Waals surface area contributed by atoms with Gasteiger partial charge in [0.05, 0.1) is 24.8 Å². The highest BCUT2D eigenvalue weighted by molar-refractivity contribution is 5.81. The Morgan fingerprint density at radius 1 is 1.11 bits per heavy atom. The summed E-state index contributed by atoms with van der Waals surface area (Å²) < 4.78 is 12.7. The van der Waals surface area contributed by atoms with Crippen LogP contribution in [0.15, 0.2) is 48.5 Å². The van der Waals surface area contributed by atoms with Gasteiger partial charge in [-0.1, -0.05) is 24.3 Å². The molecule has 2 aromatic carbocycles. The molecule has 1 saturated heterocycles. The summed E-state index contributed by atoms with van der Waals surface area (Å²) in [6, 6.07) is 16.0. The third-order valence-electron chi connectivity index (χ3n) is 5.32. The molecule has 0 aliphatic carbocycles. The van der Waals surface area contributed by atoms with Gasteiger partial charge < -0.3 is 18.9 Å². The van der Waals surface area contributed by atoms with E-state index >= 15 is 0 Å². The molecular formula is C22H25N3O3. The smallest absolute Gasteiger partial charge is 0.223 e. The summed E-state index contributed by atoms with van der Waals surface area (Å²) in [5, 5.41) is 0. The normalized spacial score (nSPS) is 16.9. The molecule has 1 aliphatic rings. The Hall–Kier alpha value is -2.86. The van der Waals surface area contributed by atoms with E-state index in [1.54, 1.807) is 14.2 Å². The third kappa shape index (κ3) is 3.60. The van der Waals surface area contributed by atoms with Gasteiger partial charge in [-0.2, -0.15) is 0 Å². The largest absolute Gasteiger partial charge is 0.497 e. The van der Waals surface area contributed by atoms with Gasteiger partial charge in [-0.05, 0) is 29.8 Å². The average Bonchev–Trinajstić information content (AvgIpc) is 3.27. The molecule has 6 nitrogen and oxygen atoms in total. The molecule has 4 rings (SSSR count). The molecule has 1 aromatic heterocycles. The van der Waals surface area contributed by atoms with E-state index in [2.05, 4.69) is 10.6 Å². The molecule has 1 aliphatic heterocycles. The molecule has 0 saturated carbocycles.